The molecule has 0 aromatic heterocycles. The van der Waals surface area contributed by atoms with Gasteiger partial charge in [-0.3, -0.25) is 4.79 Å². The maximum Gasteiger partial charge on any atom is 0.217 e. The van der Waals surface area contributed by atoms with Gasteiger partial charge in [-0.05, 0) is 25.5 Å². The number of benzene rings is 1. The largest absolute Gasteiger partial charge is 0.350 e. The summed E-state index contributed by atoms with van der Waals surface area (Å²) in [5, 5.41) is 3.22. The van der Waals surface area contributed by atoms with E-state index in [0.29, 0.717) is 0 Å². The summed E-state index contributed by atoms with van der Waals surface area (Å²) in [6.07, 6.45) is 1.87. The Morgan fingerprint density at radius 3 is 2.93 bits per heavy atom. The summed E-state index contributed by atoms with van der Waals surface area (Å²) >= 11 is 0. The summed E-state index contributed by atoms with van der Waals surface area (Å²) in [4.78, 5) is 12.2. The fraction of sp³-hybridized carbons (Fsp3) is 0.417. The molecule has 1 saturated heterocycles. The molecule has 2 aliphatic heterocycles. The maximum atomic E-state index is 12.2. The van der Waals surface area contributed by atoms with Crippen LogP contribution < -0.4 is 5.32 Å². The molecule has 1 aromatic carbocycles. The predicted molar refractivity (Wildman–Crippen MR) is 56.9 cm³/mol. The minimum Gasteiger partial charge on any atom is -0.350 e. The molecule has 1 N–H and O–H groups in total. The lowest BCUT2D eigenvalue weighted by molar-refractivity contribution is 0.000898. The normalized spacial score (nSPS) is 33.1. The van der Waals surface area contributed by atoms with Crippen LogP contribution in [-0.4, -0.2) is 17.6 Å². The van der Waals surface area contributed by atoms with Gasteiger partial charge in [0.2, 0.25) is 11.5 Å². The van der Waals surface area contributed by atoms with Crippen molar-refractivity contribution in [2.24, 2.45) is 0 Å². The van der Waals surface area contributed by atoms with Crippen molar-refractivity contribution in [2.75, 3.05) is 5.32 Å². The van der Waals surface area contributed by atoms with Crippen molar-refractivity contribution < 1.29 is 9.53 Å². The molecule has 1 aromatic rings. The first-order chi connectivity index (χ1) is 7.21. The summed E-state index contributed by atoms with van der Waals surface area (Å²) in [6.45, 7) is 2.01. The van der Waals surface area contributed by atoms with Gasteiger partial charge >= 0.3 is 0 Å². The van der Waals surface area contributed by atoms with Gasteiger partial charge in [-0.1, -0.05) is 12.1 Å². The molecule has 3 nitrogen and oxygen atoms in total. The van der Waals surface area contributed by atoms with Crippen LogP contribution in [0, 0.1) is 0 Å². The fourth-order valence-electron chi connectivity index (χ4n) is 2.41. The van der Waals surface area contributed by atoms with E-state index in [9.17, 15) is 4.79 Å². The van der Waals surface area contributed by atoms with Crippen LogP contribution in [0.4, 0.5) is 5.69 Å². The lowest BCUT2D eigenvalue weighted by Gasteiger charge is -2.22. The number of nitrogens with one attached hydrogen (secondary N) is 1. The van der Waals surface area contributed by atoms with E-state index in [1.165, 1.54) is 0 Å². The molecule has 78 valence electrons. The Kier molecular flexibility index (Phi) is 1.68. The van der Waals surface area contributed by atoms with E-state index in [-0.39, 0.29) is 11.9 Å². The van der Waals surface area contributed by atoms with E-state index in [0.717, 1.165) is 24.1 Å². The minimum absolute atomic E-state index is 0.0856. The third-order valence-electron chi connectivity index (χ3n) is 3.18. The Hall–Kier alpha value is -1.35. The van der Waals surface area contributed by atoms with Gasteiger partial charge in [0.25, 0.3) is 0 Å². The topological polar surface area (TPSA) is 38.3 Å². The molecular formula is C12H13NO2. The van der Waals surface area contributed by atoms with Crippen molar-refractivity contribution in [3.8, 4) is 0 Å². The van der Waals surface area contributed by atoms with Crippen LogP contribution in [0.2, 0.25) is 0 Å². The summed E-state index contributed by atoms with van der Waals surface area (Å²) in [6, 6.07) is 7.59. The zero-order valence-electron chi connectivity index (χ0n) is 8.62. The van der Waals surface area contributed by atoms with Gasteiger partial charge in [0.1, 0.15) is 0 Å². The molecule has 0 radical (unpaired) electrons. The number of rotatable bonds is 0. The summed E-state index contributed by atoms with van der Waals surface area (Å²) in [5.41, 5.74) is 0.895. The van der Waals surface area contributed by atoms with Crippen molar-refractivity contribution in [1.29, 1.82) is 0 Å². The Morgan fingerprint density at radius 2 is 2.27 bits per heavy atom. The van der Waals surface area contributed by atoms with Gasteiger partial charge in [-0.25, -0.2) is 0 Å². The second kappa shape index (κ2) is 2.83. The number of ketones is 1. The molecule has 0 saturated carbocycles. The fourth-order valence-corrected chi connectivity index (χ4v) is 2.41. The minimum atomic E-state index is -0.761. The smallest absolute Gasteiger partial charge is 0.217 e. The van der Waals surface area contributed by atoms with Crippen molar-refractivity contribution >= 4 is 11.5 Å². The summed E-state index contributed by atoms with van der Waals surface area (Å²) < 4.78 is 5.74. The van der Waals surface area contributed by atoms with Crippen LogP contribution in [0.15, 0.2) is 24.3 Å². The highest BCUT2D eigenvalue weighted by Gasteiger charge is 2.50. The maximum absolute atomic E-state index is 12.2. The molecule has 2 unspecified atom stereocenters. The molecule has 3 rings (SSSR count). The van der Waals surface area contributed by atoms with Crippen molar-refractivity contribution in [2.45, 2.75) is 31.6 Å². The highest BCUT2D eigenvalue weighted by atomic mass is 16.5. The number of para-hydroxylation sites is 1. The van der Waals surface area contributed by atoms with E-state index in [2.05, 4.69) is 5.32 Å². The van der Waals surface area contributed by atoms with Crippen molar-refractivity contribution in [3.63, 3.8) is 0 Å². The first kappa shape index (κ1) is 8.92. The van der Waals surface area contributed by atoms with E-state index in [4.69, 9.17) is 4.74 Å². The highest BCUT2D eigenvalue weighted by Crippen LogP contribution is 2.40. The molecule has 3 heteroatoms. The Bertz CT molecular complexity index is 429. The van der Waals surface area contributed by atoms with Gasteiger partial charge in [-0.15, -0.1) is 0 Å². The summed E-state index contributed by atoms with van der Waals surface area (Å²) in [7, 11) is 0. The molecule has 0 bridgehead atoms. The van der Waals surface area contributed by atoms with E-state index in [1.54, 1.807) is 0 Å². The van der Waals surface area contributed by atoms with Gasteiger partial charge in [0.05, 0.1) is 6.10 Å². The lowest BCUT2D eigenvalue weighted by Crippen LogP contribution is -2.41. The number of carbonyl (C=O) groups is 1. The molecule has 0 amide bonds. The van der Waals surface area contributed by atoms with Crippen molar-refractivity contribution in [3.05, 3.63) is 29.8 Å². The van der Waals surface area contributed by atoms with Gasteiger partial charge in [0, 0.05) is 17.7 Å². The Labute approximate surface area is 88.4 Å². The van der Waals surface area contributed by atoms with Crippen LogP contribution in [0.3, 0.4) is 0 Å². The van der Waals surface area contributed by atoms with Crippen LogP contribution in [0.5, 0.6) is 0 Å². The number of hydrogen-bond acceptors (Lipinski definition) is 3. The molecule has 15 heavy (non-hydrogen) atoms. The average Bonchev–Trinajstić information content (AvgIpc) is 2.72. The number of anilines is 1. The first-order valence-electron chi connectivity index (χ1n) is 5.31. The lowest BCUT2D eigenvalue weighted by atomic mass is 10.0. The SMILES string of the molecule is CC1CCC2(Nc3ccccc3C2=O)O1. The van der Waals surface area contributed by atoms with E-state index < -0.39 is 5.72 Å². The van der Waals surface area contributed by atoms with Crippen LogP contribution in [0.1, 0.15) is 30.1 Å². The van der Waals surface area contributed by atoms with Gasteiger partial charge < -0.3 is 10.1 Å². The van der Waals surface area contributed by atoms with Gasteiger partial charge in [-0.2, -0.15) is 0 Å². The number of Topliss-reactive ketones (excluding diaryl/α,β-unsaturated/α-hetero) is 1. The molecule has 2 heterocycles. The summed E-state index contributed by atoms with van der Waals surface area (Å²) in [5.74, 6) is 0.0856. The van der Waals surface area contributed by atoms with Crippen LogP contribution >= 0.6 is 0 Å². The number of carbonyl (C=O) groups excluding carboxylic acids is 1. The number of ether oxygens (including phenoxy) is 1. The second-order valence-corrected chi connectivity index (χ2v) is 4.29. The second-order valence-electron chi connectivity index (χ2n) is 4.29. The third kappa shape index (κ3) is 1.13. The predicted octanol–water partition coefficient (Wildman–Crippen LogP) is 2.19. The van der Waals surface area contributed by atoms with Crippen LogP contribution in [0.25, 0.3) is 0 Å². The van der Waals surface area contributed by atoms with Gasteiger partial charge in [0.15, 0.2) is 0 Å². The monoisotopic (exact) mass is 203 g/mol. The number of hydrogen-bond donors (Lipinski definition) is 1. The van der Waals surface area contributed by atoms with Crippen LogP contribution in [-0.2, 0) is 4.74 Å². The molecular weight excluding hydrogens is 190 g/mol. The van der Waals surface area contributed by atoms with Crippen molar-refractivity contribution in [1.82, 2.24) is 0 Å². The zero-order chi connectivity index (χ0) is 10.5. The molecule has 0 aliphatic carbocycles. The van der Waals surface area contributed by atoms with E-state index in [1.807, 2.05) is 31.2 Å². The van der Waals surface area contributed by atoms with E-state index >= 15 is 0 Å². The Balaban J connectivity index is 2.03. The highest BCUT2D eigenvalue weighted by molar-refractivity contribution is 6.12. The first-order valence-corrected chi connectivity index (χ1v) is 5.31. The zero-order valence-corrected chi connectivity index (χ0v) is 8.62. The molecule has 2 atom stereocenters. The Morgan fingerprint density at radius 1 is 1.47 bits per heavy atom. The third-order valence-corrected chi connectivity index (χ3v) is 3.18. The molecule has 1 fully saturated rings. The number of fused-ring (bicyclic) bond motifs is 1. The standard InChI is InChI=1S/C12H13NO2/c1-8-6-7-12(15-8)11(14)9-4-2-3-5-10(9)13-12/h2-5,8,13H,6-7H2,1H3. The average molecular weight is 203 g/mol. The quantitative estimate of drug-likeness (QED) is 0.702. The molecule has 2 aliphatic rings. The molecule has 1 spiro atoms.